The molecule has 94 valence electrons. The Balaban J connectivity index is 2.03. The van der Waals surface area contributed by atoms with Crippen LogP contribution in [0.5, 0.6) is 0 Å². The van der Waals surface area contributed by atoms with Gasteiger partial charge in [-0.2, -0.15) is 0 Å². The lowest BCUT2D eigenvalue weighted by molar-refractivity contribution is 0.217. The Kier molecular flexibility index (Phi) is 4.19. The molecule has 1 aromatic carbocycles. The summed E-state index contributed by atoms with van der Waals surface area (Å²) in [5, 5.41) is 0. The van der Waals surface area contributed by atoms with E-state index in [1.165, 1.54) is 37.1 Å². The van der Waals surface area contributed by atoms with Crippen molar-refractivity contribution in [1.82, 2.24) is 4.90 Å². The number of likely N-dealkylation sites (tertiary alicyclic amines) is 1. The fourth-order valence-electron chi connectivity index (χ4n) is 2.87. The first kappa shape index (κ1) is 12.6. The van der Waals surface area contributed by atoms with Gasteiger partial charge in [0.25, 0.3) is 0 Å². The van der Waals surface area contributed by atoms with Gasteiger partial charge in [0.15, 0.2) is 0 Å². The second kappa shape index (κ2) is 5.65. The molecular formula is C15H24N2. The van der Waals surface area contributed by atoms with Gasteiger partial charge in [0.1, 0.15) is 0 Å². The molecule has 2 heteroatoms. The Bertz CT molecular complexity index is 365. The van der Waals surface area contributed by atoms with E-state index in [1.807, 2.05) is 0 Å². The van der Waals surface area contributed by atoms with Gasteiger partial charge in [0.05, 0.1) is 0 Å². The zero-order valence-electron chi connectivity index (χ0n) is 11.1. The minimum Gasteiger partial charge on any atom is -0.329 e. The van der Waals surface area contributed by atoms with Gasteiger partial charge in [-0.15, -0.1) is 0 Å². The van der Waals surface area contributed by atoms with E-state index >= 15 is 0 Å². The Labute approximate surface area is 105 Å². The number of piperidine rings is 1. The number of hydrogen-bond acceptors (Lipinski definition) is 2. The Morgan fingerprint density at radius 1 is 1.24 bits per heavy atom. The minimum atomic E-state index is 0.754. The third-order valence-electron chi connectivity index (χ3n) is 4.12. The SMILES string of the molecule is Cc1cccc(C2CCN(CCN)CC2)c1C. The maximum Gasteiger partial charge on any atom is 0.0105 e. The number of aryl methyl sites for hydroxylation is 1. The van der Waals surface area contributed by atoms with Crippen LogP contribution in [-0.2, 0) is 0 Å². The molecule has 0 saturated carbocycles. The Morgan fingerprint density at radius 3 is 2.59 bits per heavy atom. The smallest absolute Gasteiger partial charge is 0.0105 e. The van der Waals surface area contributed by atoms with Gasteiger partial charge in [0, 0.05) is 13.1 Å². The highest BCUT2D eigenvalue weighted by Crippen LogP contribution is 2.30. The predicted molar refractivity (Wildman–Crippen MR) is 73.4 cm³/mol. The molecule has 0 atom stereocenters. The highest BCUT2D eigenvalue weighted by molar-refractivity contribution is 5.35. The second-order valence-corrected chi connectivity index (χ2v) is 5.19. The number of rotatable bonds is 3. The summed E-state index contributed by atoms with van der Waals surface area (Å²) in [4.78, 5) is 2.49. The van der Waals surface area contributed by atoms with Crippen LogP contribution in [0.1, 0.15) is 35.4 Å². The van der Waals surface area contributed by atoms with Crippen molar-refractivity contribution in [3.63, 3.8) is 0 Å². The molecule has 2 nitrogen and oxygen atoms in total. The Hall–Kier alpha value is -0.860. The predicted octanol–water partition coefficient (Wildman–Crippen LogP) is 2.44. The molecule has 0 amide bonds. The van der Waals surface area contributed by atoms with Gasteiger partial charge in [-0.05, 0) is 62.4 Å². The van der Waals surface area contributed by atoms with Crippen LogP contribution < -0.4 is 5.73 Å². The van der Waals surface area contributed by atoms with Crippen LogP contribution in [0.4, 0.5) is 0 Å². The quantitative estimate of drug-likeness (QED) is 0.867. The van der Waals surface area contributed by atoms with Gasteiger partial charge >= 0.3 is 0 Å². The van der Waals surface area contributed by atoms with E-state index < -0.39 is 0 Å². The highest BCUT2D eigenvalue weighted by Gasteiger charge is 2.21. The van der Waals surface area contributed by atoms with Crippen molar-refractivity contribution in [2.75, 3.05) is 26.2 Å². The van der Waals surface area contributed by atoms with E-state index in [0.717, 1.165) is 19.0 Å². The molecule has 17 heavy (non-hydrogen) atoms. The molecule has 1 saturated heterocycles. The summed E-state index contributed by atoms with van der Waals surface area (Å²) in [5.74, 6) is 0.754. The summed E-state index contributed by atoms with van der Waals surface area (Å²) in [6.45, 7) is 8.72. The van der Waals surface area contributed by atoms with Crippen LogP contribution in [0.2, 0.25) is 0 Å². The van der Waals surface area contributed by atoms with E-state index in [-0.39, 0.29) is 0 Å². The lowest BCUT2D eigenvalue weighted by atomic mass is 9.85. The van der Waals surface area contributed by atoms with E-state index in [1.54, 1.807) is 5.56 Å². The molecule has 0 spiro atoms. The van der Waals surface area contributed by atoms with E-state index in [9.17, 15) is 0 Å². The van der Waals surface area contributed by atoms with Crippen molar-refractivity contribution in [1.29, 1.82) is 0 Å². The summed E-state index contributed by atoms with van der Waals surface area (Å²) in [7, 11) is 0. The lowest BCUT2D eigenvalue weighted by Gasteiger charge is -2.32. The van der Waals surface area contributed by atoms with Crippen molar-refractivity contribution in [2.24, 2.45) is 5.73 Å². The van der Waals surface area contributed by atoms with Gasteiger partial charge in [-0.3, -0.25) is 0 Å². The zero-order chi connectivity index (χ0) is 12.3. The average Bonchev–Trinajstić information content (AvgIpc) is 2.34. The van der Waals surface area contributed by atoms with Crippen molar-refractivity contribution < 1.29 is 0 Å². The van der Waals surface area contributed by atoms with Gasteiger partial charge in [0.2, 0.25) is 0 Å². The van der Waals surface area contributed by atoms with Crippen molar-refractivity contribution >= 4 is 0 Å². The molecule has 0 radical (unpaired) electrons. The highest BCUT2D eigenvalue weighted by atomic mass is 15.1. The second-order valence-electron chi connectivity index (χ2n) is 5.19. The normalized spacial score (nSPS) is 18.5. The molecule has 1 aliphatic rings. The fraction of sp³-hybridized carbons (Fsp3) is 0.600. The van der Waals surface area contributed by atoms with Crippen LogP contribution in [0.25, 0.3) is 0 Å². The summed E-state index contributed by atoms with van der Waals surface area (Å²) in [6.07, 6.45) is 2.56. The maximum atomic E-state index is 5.61. The summed E-state index contributed by atoms with van der Waals surface area (Å²) >= 11 is 0. The third-order valence-corrected chi connectivity index (χ3v) is 4.12. The van der Waals surface area contributed by atoms with Crippen LogP contribution in [0, 0.1) is 13.8 Å². The van der Waals surface area contributed by atoms with Crippen molar-refractivity contribution in [3.8, 4) is 0 Å². The van der Waals surface area contributed by atoms with Crippen LogP contribution in [-0.4, -0.2) is 31.1 Å². The van der Waals surface area contributed by atoms with Crippen LogP contribution in [0.3, 0.4) is 0 Å². The first-order valence-corrected chi connectivity index (χ1v) is 6.71. The molecule has 1 aliphatic heterocycles. The average molecular weight is 232 g/mol. The third kappa shape index (κ3) is 2.88. The topological polar surface area (TPSA) is 29.3 Å². The molecule has 2 N–H and O–H groups in total. The maximum absolute atomic E-state index is 5.61. The van der Waals surface area contributed by atoms with Gasteiger partial charge in [-0.1, -0.05) is 18.2 Å². The molecule has 0 aliphatic carbocycles. The molecule has 1 aromatic rings. The minimum absolute atomic E-state index is 0.754. The number of hydrogen-bond donors (Lipinski definition) is 1. The molecule has 1 fully saturated rings. The monoisotopic (exact) mass is 232 g/mol. The van der Waals surface area contributed by atoms with Gasteiger partial charge in [-0.25, -0.2) is 0 Å². The molecule has 0 aromatic heterocycles. The fourth-order valence-corrected chi connectivity index (χ4v) is 2.87. The summed E-state index contributed by atoms with van der Waals surface area (Å²) < 4.78 is 0. The van der Waals surface area contributed by atoms with Crippen LogP contribution >= 0.6 is 0 Å². The number of nitrogens with two attached hydrogens (primary N) is 1. The standard InChI is InChI=1S/C15H24N2/c1-12-4-3-5-15(13(12)2)14-6-9-17(10-7-14)11-8-16/h3-5,14H,6-11,16H2,1-2H3. The largest absolute Gasteiger partial charge is 0.329 e. The molecular weight excluding hydrogens is 208 g/mol. The Morgan fingerprint density at radius 2 is 1.94 bits per heavy atom. The van der Waals surface area contributed by atoms with E-state index in [4.69, 9.17) is 5.73 Å². The van der Waals surface area contributed by atoms with E-state index in [0.29, 0.717) is 0 Å². The first-order valence-electron chi connectivity index (χ1n) is 6.71. The molecule has 2 rings (SSSR count). The van der Waals surface area contributed by atoms with E-state index in [2.05, 4.69) is 36.9 Å². The zero-order valence-corrected chi connectivity index (χ0v) is 11.1. The lowest BCUT2D eigenvalue weighted by Crippen LogP contribution is -2.36. The van der Waals surface area contributed by atoms with Gasteiger partial charge < -0.3 is 10.6 Å². The van der Waals surface area contributed by atoms with Crippen LogP contribution in [0.15, 0.2) is 18.2 Å². The van der Waals surface area contributed by atoms with Crippen molar-refractivity contribution in [3.05, 3.63) is 34.9 Å². The molecule has 1 heterocycles. The summed E-state index contributed by atoms with van der Waals surface area (Å²) in [5.41, 5.74) is 10.1. The number of nitrogens with zero attached hydrogens (tertiary/aromatic N) is 1. The first-order chi connectivity index (χ1) is 8.22. The molecule has 0 unspecified atom stereocenters. The molecule has 0 bridgehead atoms. The number of benzene rings is 1. The summed E-state index contributed by atoms with van der Waals surface area (Å²) in [6, 6.07) is 6.72. The van der Waals surface area contributed by atoms with Crippen molar-refractivity contribution in [2.45, 2.75) is 32.6 Å².